The summed E-state index contributed by atoms with van der Waals surface area (Å²) in [5.74, 6) is -2.32. The van der Waals surface area contributed by atoms with Crippen molar-refractivity contribution < 1.29 is 19.1 Å². The predicted molar refractivity (Wildman–Crippen MR) is 80.9 cm³/mol. The molecule has 1 aliphatic heterocycles. The van der Waals surface area contributed by atoms with Crippen LogP contribution in [0.1, 0.15) is 23.2 Å². The maximum absolute atomic E-state index is 14.3. The van der Waals surface area contributed by atoms with Crippen molar-refractivity contribution in [2.75, 3.05) is 13.1 Å². The number of benzene rings is 1. The standard InChI is InChI=1S/C16H15FN2O4/c17-12-8-11(16(22)23)7-10-3-4-13(20)19(15(10)12)9-14(21)18-5-1-2-6-18/h3-4,7-8H,1-2,5-6,9H2,(H,22,23). The summed E-state index contributed by atoms with van der Waals surface area (Å²) < 4.78 is 15.4. The molecule has 0 unspecified atom stereocenters. The van der Waals surface area contributed by atoms with Crippen LogP contribution in [0.4, 0.5) is 4.39 Å². The van der Waals surface area contributed by atoms with E-state index in [-0.39, 0.29) is 28.9 Å². The Kier molecular flexibility index (Phi) is 3.85. The number of fused-ring (bicyclic) bond motifs is 1. The van der Waals surface area contributed by atoms with E-state index in [0.29, 0.717) is 13.1 Å². The molecule has 6 nitrogen and oxygen atoms in total. The Labute approximate surface area is 130 Å². The van der Waals surface area contributed by atoms with Gasteiger partial charge in [-0.1, -0.05) is 0 Å². The van der Waals surface area contributed by atoms with E-state index in [0.717, 1.165) is 23.5 Å². The summed E-state index contributed by atoms with van der Waals surface area (Å²) >= 11 is 0. The Morgan fingerprint density at radius 2 is 1.87 bits per heavy atom. The largest absolute Gasteiger partial charge is 0.478 e. The first kappa shape index (κ1) is 15.2. The predicted octanol–water partition coefficient (Wildman–Crippen LogP) is 1.46. The average molecular weight is 318 g/mol. The second-order valence-electron chi connectivity index (χ2n) is 5.55. The number of likely N-dealkylation sites (tertiary alicyclic amines) is 1. The second-order valence-corrected chi connectivity index (χ2v) is 5.55. The van der Waals surface area contributed by atoms with Gasteiger partial charge in [-0.25, -0.2) is 9.18 Å². The third kappa shape index (κ3) is 2.81. The normalized spacial score (nSPS) is 14.4. The molecule has 0 spiro atoms. The molecule has 1 saturated heterocycles. The van der Waals surface area contributed by atoms with Gasteiger partial charge in [0.2, 0.25) is 5.91 Å². The average Bonchev–Trinajstić information content (AvgIpc) is 3.04. The van der Waals surface area contributed by atoms with Crippen molar-refractivity contribution in [3.05, 3.63) is 46.0 Å². The Morgan fingerprint density at radius 3 is 2.52 bits per heavy atom. The van der Waals surface area contributed by atoms with Crippen molar-refractivity contribution in [2.45, 2.75) is 19.4 Å². The lowest BCUT2D eigenvalue weighted by Gasteiger charge is -2.17. The van der Waals surface area contributed by atoms with Crippen LogP contribution in [0.5, 0.6) is 0 Å². The van der Waals surface area contributed by atoms with E-state index < -0.39 is 17.3 Å². The number of carbonyl (C=O) groups is 2. The third-order valence-corrected chi connectivity index (χ3v) is 4.03. The molecule has 0 bridgehead atoms. The zero-order valence-corrected chi connectivity index (χ0v) is 12.3. The zero-order chi connectivity index (χ0) is 16.6. The molecule has 1 fully saturated rings. The van der Waals surface area contributed by atoms with Gasteiger partial charge in [-0.05, 0) is 31.0 Å². The molecule has 7 heteroatoms. The van der Waals surface area contributed by atoms with Crippen LogP contribution in [0.2, 0.25) is 0 Å². The molecular formula is C16H15FN2O4. The number of carboxylic acid groups (broad SMARTS) is 1. The van der Waals surface area contributed by atoms with Crippen molar-refractivity contribution in [1.82, 2.24) is 9.47 Å². The first-order valence-corrected chi connectivity index (χ1v) is 7.31. The van der Waals surface area contributed by atoms with E-state index in [1.54, 1.807) is 4.90 Å². The van der Waals surface area contributed by atoms with Gasteiger partial charge in [-0.15, -0.1) is 0 Å². The molecule has 3 rings (SSSR count). The monoisotopic (exact) mass is 318 g/mol. The Bertz CT molecular complexity index is 853. The number of pyridine rings is 1. The fraction of sp³-hybridized carbons (Fsp3) is 0.312. The van der Waals surface area contributed by atoms with Crippen LogP contribution >= 0.6 is 0 Å². The summed E-state index contributed by atoms with van der Waals surface area (Å²) in [6.07, 6.45) is 1.85. The van der Waals surface area contributed by atoms with E-state index in [1.165, 1.54) is 18.2 Å². The maximum atomic E-state index is 14.3. The number of rotatable bonds is 3. The molecule has 1 N–H and O–H groups in total. The zero-order valence-electron chi connectivity index (χ0n) is 12.3. The number of carbonyl (C=O) groups excluding carboxylic acids is 1. The van der Waals surface area contributed by atoms with Gasteiger partial charge < -0.3 is 10.0 Å². The summed E-state index contributed by atoms with van der Waals surface area (Å²) in [6.45, 7) is 1.04. The molecule has 120 valence electrons. The summed E-state index contributed by atoms with van der Waals surface area (Å²) in [4.78, 5) is 37.0. The highest BCUT2D eigenvalue weighted by Gasteiger charge is 2.20. The van der Waals surface area contributed by atoms with Gasteiger partial charge in [-0.2, -0.15) is 0 Å². The lowest BCUT2D eigenvalue weighted by Crippen LogP contribution is -2.34. The fourth-order valence-electron chi connectivity index (χ4n) is 2.88. The van der Waals surface area contributed by atoms with Gasteiger partial charge in [0.15, 0.2) is 0 Å². The molecule has 0 saturated carbocycles. The number of nitrogens with zero attached hydrogens (tertiary/aromatic N) is 2. The highest BCUT2D eigenvalue weighted by atomic mass is 19.1. The van der Waals surface area contributed by atoms with E-state index in [2.05, 4.69) is 0 Å². The molecule has 1 aliphatic rings. The van der Waals surface area contributed by atoms with Crippen LogP contribution in [0, 0.1) is 5.82 Å². The highest BCUT2D eigenvalue weighted by Crippen LogP contribution is 2.19. The fourth-order valence-corrected chi connectivity index (χ4v) is 2.88. The van der Waals surface area contributed by atoms with Gasteiger partial charge >= 0.3 is 5.97 Å². The van der Waals surface area contributed by atoms with Crippen LogP contribution in [-0.4, -0.2) is 39.5 Å². The topological polar surface area (TPSA) is 79.6 Å². The number of hydrogen-bond donors (Lipinski definition) is 1. The van der Waals surface area contributed by atoms with Crippen LogP contribution in [0.3, 0.4) is 0 Å². The summed E-state index contributed by atoms with van der Waals surface area (Å²) in [5.41, 5.74) is -0.742. The minimum absolute atomic E-state index is 0.0463. The Morgan fingerprint density at radius 1 is 1.17 bits per heavy atom. The molecule has 0 radical (unpaired) electrons. The van der Waals surface area contributed by atoms with Crippen LogP contribution in [0.25, 0.3) is 10.9 Å². The van der Waals surface area contributed by atoms with Crippen LogP contribution < -0.4 is 5.56 Å². The maximum Gasteiger partial charge on any atom is 0.335 e. The van der Waals surface area contributed by atoms with Crippen molar-refractivity contribution in [1.29, 1.82) is 0 Å². The number of amides is 1. The van der Waals surface area contributed by atoms with Gasteiger partial charge in [-0.3, -0.25) is 14.2 Å². The SMILES string of the molecule is O=C(O)c1cc(F)c2c(ccc(=O)n2CC(=O)N2CCCC2)c1. The number of hydrogen-bond acceptors (Lipinski definition) is 3. The van der Waals surface area contributed by atoms with E-state index in [1.807, 2.05) is 0 Å². The highest BCUT2D eigenvalue weighted by molar-refractivity contribution is 5.94. The Balaban J connectivity index is 2.08. The summed E-state index contributed by atoms with van der Waals surface area (Å²) in [7, 11) is 0. The number of aromatic nitrogens is 1. The van der Waals surface area contributed by atoms with Gasteiger partial charge in [0, 0.05) is 24.5 Å². The second kappa shape index (κ2) is 5.83. The van der Waals surface area contributed by atoms with Gasteiger partial charge in [0.05, 0.1) is 11.1 Å². The lowest BCUT2D eigenvalue weighted by atomic mass is 10.1. The molecule has 2 heterocycles. The molecule has 0 aliphatic carbocycles. The number of aromatic carboxylic acids is 1. The first-order chi connectivity index (χ1) is 11.0. The molecule has 23 heavy (non-hydrogen) atoms. The minimum atomic E-state index is -1.25. The van der Waals surface area contributed by atoms with E-state index >= 15 is 0 Å². The molecule has 1 aromatic heterocycles. The lowest BCUT2D eigenvalue weighted by molar-refractivity contribution is -0.130. The first-order valence-electron chi connectivity index (χ1n) is 7.31. The summed E-state index contributed by atoms with van der Waals surface area (Å²) in [6, 6.07) is 4.73. The van der Waals surface area contributed by atoms with Crippen LogP contribution in [-0.2, 0) is 11.3 Å². The number of halogens is 1. The van der Waals surface area contributed by atoms with Crippen LogP contribution in [0.15, 0.2) is 29.1 Å². The smallest absolute Gasteiger partial charge is 0.335 e. The molecule has 0 atom stereocenters. The quantitative estimate of drug-likeness (QED) is 0.929. The van der Waals surface area contributed by atoms with Crippen molar-refractivity contribution >= 4 is 22.8 Å². The molecule has 2 aromatic rings. The minimum Gasteiger partial charge on any atom is -0.478 e. The van der Waals surface area contributed by atoms with Crippen molar-refractivity contribution in [3.63, 3.8) is 0 Å². The molecule has 1 amide bonds. The van der Waals surface area contributed by atoms with E-state index in [4.69, 9.17) is 5.11 Å². The van der Waals surface area contributed by atoms with Gasteiger partial charge in [0.25, 0.3) is 5.56 Å². The van der Waals surface area contributed by atoms with Gasteiger partial charge in [0.1, 0.15) is 12.4 Å². The number of carboxylic acids is 1. The molecular weight excluding hydrogens is 303 g/mol. The summed E-state index contributed by atoms with van der Waals surface area (Å²) in [5, 5.41) is 9.26. The van der Waals surface area contributed by atoms with E-state index in [9.17, 15) is 18.8 Å². The third-order valence-electron chi connectivity index (χ3n) is 4.03. The molecule has 1 aromatic carbocycles. The Hall–Kier alpha value is -2.70. The van der Waals surface area contributed by atoms with Crippen molar-refractivity contribution in [3.8, 4) is 0 Å². The van der Waals surface area contributed by atoms with Crippen molar-refractivity contribution in [2.24, 2.45) is 0 Å².